The quantitative estimate of drug-likeness (QED) is 0.436. The Hall–Kier alpha value is 0.962. The molecule has 0 fully saturated rings. The van der Waals surface area contributed by atoms with E-state index in [2.05, 4.69) is 40.7 Å². The summed E-state index contributed by atoms with van der Waals surface area (Å²) in [7, 11) is 0. The van der Waals surface area contributed by atoms with Crippen molar-refractivity contribution in [1.29, 1.82) is 0 Å². The molecule has 0 bridgehead atoms. The van der Waals surface area contributed by atoms with Gasteiger partial charge in [-0.05, 0) is 11.5 Å². The van der Waals surface area contributed by atoms with E-state index in [9.17, 15) is 0 Å². The van der Waals surface area contributed by atoms with Crippen LogP contribution in [0.3, 0.4) is 0 Å². The summed E-state index contributed by atoms with van der Waals surface area (Å²) in [5, 5.41) is 0. The van der Waals surface area contributed by atoms with Gasteiger partial charge in [0.15, 0.2) is 0 Å². The molecule has 0 spiro atoms. The van der Waals surface area contributed by atoms with Crippen LogP contribution in [0.2, 0.25) is 0 Å². The molecule has 3 heteroatoms. The summed E-state index contributed by atoms with van der Waals surface area (Å²) in [6.07, 6.45) is 0. The Labute approximate surface area is 100 Å². The van der Waals surface area contributed by atoms with Crippen LogP contribution in [-0.4, -0.2) is 5.75 Å². The van der Waals surface area contributed by atoms with Crippen molar-refractivity contribution in [2.45, 2.75) is 12.7 Å². The molecule has 0 atom stereocenters. The molecule has 0 amide bonds. The van der Waals surface area contributed by atoms with E-state index in [0.717, 1.165) is 5.75 Å². The van der Waals surface area contributed by atoms with Crippen LogP contribution >= 0.6 is 31.3 Å². The molecule has 0 nitrogen and oxygen atoms in total. The monoisotopic (exact) mass is 384 g/mol. The van der Waals surface area contributed by atoms with Gasteiger partial charge in [0.05, 0.1) is 0 Å². The number of rotatable bonds is 3. The molecular formula is C9H11IPdS. The van der Waals surface area contributed by atoms with Gasteiger partial charge in [0.2, 0.25) is 0 Å². The molecule has 0 heterocycles. The molecule has 0 aliphatic carbocycles. The zero-order valence-electron chi connectivity index (χ0n) is 6.83. The van der Waals surface area contributed by atoms with Gasteiger partial charge in [-0.1, -0.05) is 6.92 Å². The Morgan fingerprint density at radius 3 is 2.75 bits per heavy atom. The van der Waals surface area contributed by atoms with Crippen molar-refractivity contribution < 1.29 is 15.6 Å². The Morgan fingerprint density at radius 1 is 1.50 bits per heavy atom. The van der Waals surface area contributed by atoms with E-state index in [4.69, 9.17) is 0 Å². The van der Waals surface area contributed by atoms with Gasteiger partial charge in [0, 0.05) is 0 Å². The second kappa shape index (κ2) is 10.0. The summed E-state index contributed by atoms with van der Waals surface area (Å²) in [4.78, 5) is 0. The normalized spacial score (nSPS) is 8.67. The molecule has 12 heavy (non-hydrogen) atoms. The van der Waals surface area contributed by atoms with Gasteiger partial charge < -0.3 is 0 Å². The van der Waals surface area contributed by atoms with Crippen molar-refractivity contribution in [2.75, 3.05) is 5.75 Å². The van der Waals surface area contributed by atoms with Crippen LogP contribution in [0.4, 0.5) is 0 Å². The Morgan fingerprint density at radius 2 is 2.25 bits per heavy atom. The Kier molecular flexibility index (Phi) is 10.9. The summed E-state index contributed by atoms with van der Waals surface area (Å²) in [5.74, 6) is 2.28. The zero-order valence-corrected chi connectivity index (χ0v) is 11.4. The zero-order chi connectivity index (χ0) is 9.23. The number of benzene rings is 1. The van der Waals surface area contributed by atoms with Crippen molar-refractivity contribution in [3.8, 4) is 0 Å². The molecule has 0 aliphatic heterocycles. The van der Waals surface area contributed by atoms with Gasteiger partial charge in [-0.15, -0.1) is 0 Å². The van der Waals surface area contributed by atoms with Gasteiger partial charge in [-0.3, -0.25) is 0 Å². The van der Waals surface area contributed by atoms with Crippen LogP contribution in [0.1, 0.15) is 12.5 Å². The molecule has 0 radical (unpaired) electrons. The Bertz CT molecular complexity index is 179. The SMILES string of the molecule is CCSCc1[c-]cccc1.[Pd+][I]. The number of thioether (sulfide) groups is 1. The van der Waals surface area contributed by atoms with Gasteiger partial charge in [-0.2, -0.15) is 47.7 Å². The van der Waals surface area contributed by atoms with Crippen LogP contribution in [0.15, 0.2) is 24.3 Å². The number of hydrogen-bond donors (Lipinski definition) is 0. The van der Waals surface area contributed by atoms with E-state index in [-0.39, 0.29) is 0 Å². The molecule has 70 valence electrons. The summed E-state index contributed by atoms with van der Waals surface area (Å²) in [6.45, 7) is 2.17. The molecular weight excluding hydrogens is 373 g/mol. The second-order valence-electron chi connectivity index (χ2n) is 2.02. The van der Waals surface area contributed by atoms with Crippen molar-refractivity contribution in [3.63, 3.8) is 0 Å². The van der Waals surface area contributed by atoms with Crippen LogP contribution < -0.4 is 0 Å². The summed E-state index contributed by atoms with van der Waals surface area (Å²) < 4.78 is 0. The second-order valence-corrected chi connectivity index (χ2v) is 3.30. The molecule has 0 aromatic heterocycles. The Balaban J connectivity index is 0.000000561. The third kappa shape index (κ3) is 6.48. The van der Waals surface area contributed by atoms with Crippen molar-refractivity contribution in [1.82, 2.24) is 0 Å². The number of halogens is 1. The minimum absolute atomic E-state index is 1.09. The predicted molar refractivity (Wildman–Crippen MR) is 61.1 cm³/mol. The predicted octanol–water partition coefficient (Wildman–Crippen LogP) is 3.62. The molecule has 0 unspecified atom stereocenters. The van der Waals surface area contributed by atoms with Gasteiger partial charge in [-0.25, -0.2) is 0 Å². The summed E-state index contributed by atoms with van der Waals surface area (Å²) >= 11 is 6.65. The fourth-order valence-corrected chi connectivity index (χ4v) is 1.34. The minimum atomic E-state index is 1.09. The van der Waals surface area contributed by atoms with Gasteiger partial charge in [0.1, 0.15) is 0 Å². The first-order valence-corrected chi connectivity index (χ1v) is 9.36. The fraction of sp³-hybridized carbons (Fsp3) is 0.333. The average molecular weight is 385 g/mol. The van der Waals surface area contributed by atoms with Crippen LogP contribution in [0, 0.1) is 6.07 Å². The van der Waals surface area contributed by atoms with E-state index >= 15 is 0 Å². The first-order chi connectivity index (χ1) is 5.93. The molecule has 0 saturated heterocycles. The topological polar surface area (TPSA) is 0 Å². The maximum absolute atomic E-state index is 3.18. The summed E-state index contributed by atoms with van der Waals surface area (Å²) in [5.41, 5.74) is 1.30. The van der Waals surface area contributed by atoms with E-state index in [1.165, 1.54) is 11.3 Å². The molecule has 0 aliphatic rings. The van der Waals surface area contributed by atoms with E-state index < -0.39 is 0 Å². The van der Waals surface area contributed by atoms with Crippen LogP contribution in [0.5, 0.6) is 0 Å². The molecule has 1 aromatic carbocycles. The van der Waals surface area contributed by atoms with Crippen molar-refractivity contribution in [2.24, 2.45) is 0 Å². The van der Waals surface area contributed by atoms with E-state index in [1.54, 1.807) is 0 Å². The first kappa shape index (κ1) is 13.0. The molecule has 1 rings (SSSR count). The van der Waals surface area contributed by atoms with Crippen molar-refractivity contribution >= 4 is 31.3 Å². The van der Waals surface area contributed by atoms with Crippen LogP contribution in [0.25, 0.3) is 0 Å². The van der Waals surface area contributed by atoms with Gasteiger partial charge in [0.25, 0.3) is 0 Å². The molecule has 1 aromatic rings. The first-order valence-electron chi connectivity index (χ1n) is 3.58. The molecule has 0 N–H and O–H groups in total. The maximum atomic E-state index is 3.18. The summed E-state index contributed by atoms with van der Waals surface area (Å²) in [6, 6.07) is 11.3. The van der Waals surface area contributed by atoms with Crippen molar-refractivity contribution in [3.05, 3.63) is 35.9 Å². The molecule has 0 saturated carbocycles. The third-order valence-electron chi connectivity index (χ3n) is 1.24. The fourth-order valence-electron chi connectivity index (χ4n) is 0.732. The third-order valence-corrected chi connectivity index (χ3v) is 2.16. The average Bonchev–Trinajstić information content (AvgIpc) is 2.19. The van der Waals surface area contributed by atoms with Crippen LogP contribution in [-0.2, 0) is 21.3 Å². The van der Waals surface area contributed by atoms with Gasteiger partial charge >= 0.3 is 35.1 Å². The van der Waals surface area contributed by atoms with E-state index in [1.807, 2.05) is 43.4 Å². The van der Waals surface area contributed by atoms with E-state index in [0.29, 0.717) is 0 Å². The standard InChI is InChI=1S/C9H11S.HI.Pd/c1-2-10-8-9-6-4-3-5-7-9;;/h3-6H,2,8H2,1H3;1H;/q-1;;+2/p-1. The number of hydrogen-bond acceptors (Lipinski definition) is 1.